The van der Waals surface area contributed by atoms with Gasteiger partial charge in [0.15, 0.2) is 0 Å². The molecule has 0 aliphatic carbocycles. The molecule has 0 bridgehead atoms. The van der Waals surface area contributed by atoms with Gasteiger partial charge >= 0.3 is 0 Å². The molecule has 2 aromatic rings. The minimum atomic E-state index is -0.982. The van der Waals surface area contributed by atoms with Gasteiger partial charge in [-0.2, -0.15) is 4.37 Å². The predicted molar refractivity (Wildman–Crippen MR) is 74.0 cm³/mol. The number of aliphatic hydroxyl groups is 1. The van der Waals surface area contributed by atoms with E-state index in [-0.39, 0.29) is 5.82 Å². The number of halogens is 2. The number of benzene rings is 1. The quantitative estimate of drug-likeness (QED) is 0.660. The molecule has 1 N–H and O–H groups in total. The summed E-state index contributed by atoms with van der Waals surface area (Å²) in [5, 5.41) is 11.4. The standard InChI is InChI=1S/C12H7FINOS/c1-2-11(16)9-6-17-15-12(9)8-4-3-7(13)5-10(8)14/h1,3-6,11,16H. The lowest BCUT2D eigenvalue weighted by Gasteiger charge is -2.06. The number of rotatable bonds is 2. The van der Waals surface area contributed by atoms with Gasteiger partial charge in [-0.05, 0) is 52.3 Å². The van der Waals surface area contributed by atoms with Gasteiger partial charge in [-0.3, -0.25) is 0 Å². The van der Waals surface area contributed by atoms with Crippen molar-refractivity contribution in [3.63, 3.8) is 0 Å². The molecule has 1 unspecified atom stereocenters. The van der Waals surface area contributed by atoms with Gasteiger partial charge in [0.1, 0.15) is 11.9 Å². The fourth-order valence-corrected chi connectivity index (χ4v) is 2.86. The summed E-state index contributed by atoms with van der Waals surface area (Å²) in [4.78, 5) is 0. The first-order valence-corrected chi connectivity index (χ1v) is 6.59. The van der Waals surface area contributed by atoms with Crippen molar-refractivity contribution >= 4 is 34.1 Å². The number of nitrogens with zero attached hydrogens (tertiary/aromatic N) is 1. The highest BCUT2D eigenvalue weighted by Gasteiger charge is 2.16. The van der Waals surface area contributed by atoms with Crippen molar-refractivity contribution in [3.05, 3.63) is 38.5 Å². The molecule has 0 fully saturated rings. The van der Waals surface area contributed by atoms with Crippen molar-refractivity contribution in [2.45, 2.75) is 6.10 Å². The van der Waals surface area contributed by atoms with Crippen molar-refractivity contribution in [1.29, 1.82) is 0 Å². The van der Waals surface area contributed by atoms with Gasteiger partial charge in [-0.15, -0.1) is 6.42 Å². The summed E-state index contributed by atoms with van der Waals surface area (Å²) in [6.07, 6.45) is 4.21. The van der Waals surface area contributed by atoms with E-state index in [2.05, 4.69) is 10.3 Å². The maximum Gasteiger partial charge on any atom is 0.142 e. The highest BCUT2D eigenvalue weighted by Crippen LogP contribution is 2.32. The van der Waals surface area contributed by atoms with Gasteiger partial charge in [0, 0.05) is 20.1 Å². The molecule has 0 aliphatic rings. The number of terminal acetylenes is 1. The first-order chi connectivity index (χ1) is 8.13. The second-order valence-electron chi connectivity index (χ2n) is 3.31. The normalized spacial score (nSPS) is 12.1. The van der Waals surface area contributed by atoms with Crippen LogP contribution in [0.15, 0.2) is 23.6 Å². The van der Waals surface area contributed by atoms with Crippen LogP contribution in [0.5, 0.6) is 0 Å². The molecule has 0 saturated carbocycles. The van der Waals surface area contributed by atoms with Gasteiger partial charge in [0.2, 0.25) is 0 Å². The van der Waals surface area contributed by atoms with Crippen LogP contribution < -0.4 is 0 Å². The Kier molecular flexibility index (Phi) is 3.76. The zero-order valence-corrected chi connectivity index (χ0v) is 11.5. The van der Waals surface area contributed by atoms with E-state index in [0.717, 1.165) is 9.13 Å². The Bertz CT molecular complexity index is 590. The first kappa shape index (κ1) is 12.5. The molecule has 5 heteroatoms. The smallest absolute Gasteiger partial charge is 0.142 e. The molecule has 2 nitrogen and oxygen atoms in total. The van der Waals surface area contributed by atoms with E-state index in [4.69, 9.17) is 6.42 Å². The van der Waals surface area contributed by atoms with Crippen LogP contribution in [0, 0.1) is 21.7 Å². The van der Waals surface area contributed by atoms with Crippen LogP contribution in [-0.2, 0) is 0 Å². The predicted octanol–water partition coefficient (Wildman–Crippen LogP) is 3.22. The third-order valence-corrected chi connectivity index (χ3v) is 3.78. The molecule has 0 spiro atoms. The van der Waals surface area contributed by atoms with Crippen LogP contribution in [0.2, 0.25) is 0 Å². The average molecular weight is 359 g/mol. The molecule has 1 heterocycles. The van der Waals surface area contributed by atoms with Crippen molar-refractivity contribution in [3.8, 4) is 23.6 Å². The SMILES string of the molecule is C#CC(O)c1csnc1-c1ccc(F)cc1I. The molecular weight excluding hydrogens is 352 g/mol. The number of hydrogen-bond acceptors (Lipinski definition) is 3. The molecule has 0 saturated heterocycles. The van der Waals surface area contributed by atoms with Gasteiger partial charge in [0.25, 0.3) is 0 Å². The third kappa shape index (κ3) is 2.49. The second kappa shape index (κ2) is 5.12. The van der Waals surface area contributed by atoms with E-state index < -0.39 is 6.10 Å². The summed E-state index contributed by atoms with van der Waals surface area (Å²) in [7, 11) is 0. The van der Waals surface area contributed by atoms with E-state index >= 15 is 0 Å². The minimum absolute atomic E-state index is 0.299. The van der Waals surface area contributed by atoms with Crippen LogP contribution in [0.3, 0.4) is 0 Å². The maximum absolute atomic E-state index is 13.0. The van der Waals surface area contributed by atoms with Crippen LogP contribution >= 0.6 is 34.1 Å². The molecular formula is C12H7FINOS. The van der Waals surface area contributed by atoms with E-state index in [9.17, 15) is 9.50 Å². The largest absolute Gasteiger partial charge is 0.376 e. The zero-order chi connectivity index (χ0) is 12.4. The Labute approximate surface area is 116 Å². The summed E-state index contributed by atoms with van der Waals surface area (Å²) in [5.41, 5.74) is 1.98. The van der Waals surface area contributed by atoms with Crippen molar-refractivity contribution in [2.24, 2.45) is 0 Å². The highest BCUT2D eigenvalue weighted by atomic mass is 127. The Morgan fingerprint density at radius 1 is 1.53 bits per heavy atom. The van der Waals surface area contributed by atoms with Gasteiger partial charge < -0.3 is 5.11 Å². The number of aliphatic hydroxyl groups excluding tert-OH is 1. The molecule has 2 rings (SSSR count). The lowest BCUT2D eigenvalue weighted by molar-refractivity contribution is 0.239. The third-order valence-electron chi connectivity index (χ3n) is 2.24. The van der Waals surface area contributed by atoms with Crippen LogP contribution in [0.25, 0.3) is 11.3 Å². The van der Waals surface area contributed by atoms with Crippen molar-refractivity contribution < 1.29 is 9.50 Å². The highest BCUT2D eigenvalue weighted by molar-refractivity contribution is 14.1. The summed E-state index contributed by atoms with van der Waals surface area (Å²) < 4.78 is 18.0. The van der Waals surface area contributed by atoms with Crippen LogP contribution in [0.1, 0.15) is 11.7 Å². The van der Waals surface area contributed by atoms with E-state index in [0.29, 0.717) is 11.3 Å². The van der Waals surface area contributed by atoms with Crippen molar-refractivity contribution in [1.82, 2.24) is 4.37 Å². The maximum atomic E-state index is 13.0. The second-order valence-corrected chi connectivity index (χ2v) is 5.10. The summed E-state index contributed by atoms with van der Waals surface area (Å²) >= 11 is 3.25. The number of aromatic nitrogens is 1. The fourth-order valence-electron chi connectivity index (χ4n) is 1.41. The molecule has 0 aliphatic heterocycles. The summed E-state index contributed by atoms with van der Waals surface area (Å²) in [6.45, 7) is 0. The van der Waals surface area contributed by atoms with Crippen LogP contribution in [0.4, 0.5) is 4.39 Å². The Balaban J connectivity index is 2.54. The lowest BCUT2D eigenvalue weighted by Crippen LogP contribution is -1.95. The molecule has 1 aromatic heterocycles. The van der Waals surface area contributed by atoms with Gasteiger partial charge in [0.05, 0.1) is 5.69 Å². The topological polar surface area (TPSA) is 33.1 Å². The first-order valence-electron chi connectivity index (χ1n) is 4.67. The van der Waals surface area contributed by atoms with E-state index in [1.54, 1.807) is 11.4 Å². The Hall–Kier alpha value is -0.970. The monoisotopic (exact) mass is 359 g/mol. The summed E-state index contributed by atoms with van der Waals surface area (Å²) in [6, 6.07) is 4.42. The molecule has 1 atom stereocenters. The molecule has 17 heavy (non-hydrogen) atoms. The molecule has 0 radical (unpaired) electrons. The van der Waals surface area contributed by atoms with Crippen molar-refractivity contribution in [2.75, 3.05) is 0 Å². The summed E-state index contributed by atoms with van der Waals surface area (Å²) in [5.74, 6) is 1.96. The van der Waals surface area contributed by atoms with Gasteiger partial charge in [-0.25, -0.2) is 4.39 Å². The Morgan fingerprint density at radius 2 is 2.29 bits per heavy atom. The van der Waals surface area contributed by atoms with E-state index in [1.165, 1.54) is 23.7 Å². The lowest BCUT2D eigenvalue weighted by atomic mass is 10.0. The van der Waals surface area contributed by atoms with E-state index in [1.807, 2.05) is 22.6 Å². The molecule has 0 amide bonds. The van der Waals surface area contributed by atoms with Crippen LogP contribution in [-0.4, -0.2) is 9.48 Å². The Morgan fingerprint density at radius 3 is 2.94 bits per heavy atom. The average Bonchev–Trinajstić information content (AvgIpc) is 2.77. The number of hydrogen-bond donors (Lipinski definition) is 1. The molecule has 86 valence electrons. The van der Waals surface area contributed by atoms with Gasteiger partial charge in [-0.1, -0.05) is 5.92 Å². The fraction of sp³-hybridized carbons (Fsp3) is 0.0833. The molecule has 1 aromatic carbocycles. The minimum Gasteiger partial charge on any atom is -0.376 e. The zero-order valence-electron chi connectivity index (χ0n) is 8.52.